The lowest BCUT2D eigenvalue weighted by atomic mass is 10.1. The average molecular weight is 555 g/mol. The molecule has 1 heterocycles. The molecule has 1 aromatic heterocycles. The number of hydrogen-bond acceptors (Lipinski definition) is 6. The lowest BCUT2D eigenvalue weighted by molar-refractivity contribution is -0.137. The zero-order valence-electron chi connectivity index (χ0n) is 20.1. The number of carbonyl (C=O) groups excluding carboxylic acids is 1. The maximum absolute atomic E-state index is 13.1. The molecule has 2 aromatic carbocycles. The molecule has 0 atom stereocenters. The number of halogens is 4. The van der Waals surface area contributed by atoms with E-state index < -0.39 is 39.8 Å². The van der Waals surface area contributed by atoms with E-state index in [0.717, 1.165) is 38.1 Å². The van der Waals surface area contributed by atoms with Crippen molar-refractivity contribution >= 4 is 45.7 Å². The van der Waals surface area contributed by atoms with Crippen molar-refractivity contribution in [3.05, 3.63) is 84.5 Å². The first-order chi connectivity index (χ1) is 17.2. The number of aromatic nitrogens is 2. The van der Waals surface area contributed by atoms with Gasteiger partial charge in [-0.15, -0.1) is 0 Å². The summed E-state index contributed by atoms with van der Waals surface area (Å²) in [6.07, 6.45) is -4.71. The third-order valence-corrected chi connectivity index (χ3v) is 6.77. The van der Waals surface area contributed by atoms with Crippen LogP contribution in [0.15, 0.2) is 51.0 Å². The second-order valence-corrected chi connectivity index (χ2v) is 9.49. The molecular weight excluding hydrogens is 533 g/mol. The van der Waals surface area contributed by atoms with Crippen LogP contribution in [0.25, 0.3) is 0 Å². The van der Waals surface area contributed by atoms with Gasteiger partial charge >= 0.3 is 11.9 Å². The van der Waals surface area contributed by atoms with Gasteiger partial charge in [0.15, 0.2) is 0 Å². The van der Waals surface area contributed by atoms with Crippen molar-refractivity contribution in [2.24, 2.45) is 19.1 Å². The Kier molecular flexibility index (Phi) is 8.23. The van der Waals surface area contributed by atoms with Crippen LogP contribution in [0.4, 0.5) is 24.5 Å². The number of aryl methyl sites for hydroxylation is 2. The van der Waals surface area contributed by atoms with Crippen molar-refractivity contribution in [2.75, 3.05) is 11.1 Å². The van der Waals surface area contributed by atoms with E-state index in [1.165, 1.54) is 20.2 Å². The summed E-state index contributed by atoms with van der Waals surface area (Å²) >= 11 is 6.39. The summed E-state index contributed by atoms with van der Waals surface area (Å²) in [4.78, 5) is 42.1. The Morgan fingerprint density at radius 3 is 2.38 bits per heavy atom. The van der Waals surface area contributed by atoms with Crippen LogP contribution in [-0.4, -0.2) is 30.9 Å². The molecule has 3 rings (SSSR count). The summed E-state index contributed by atoms with van der Waals surface area (Å²) in [5.41, 5.74) is -0.795. The summed E-state index contributed by atoms with van der Waals surface area (Å²) in [5, 5.41) is 12.4. The lowest BCUT2D eigenvalue weighted by Gasteiger charge is -2.13. The summed E-state index contributed by atoms with van der Waals surface area (Å²) in [6, 6.07) is 8.18. The molecule has 0 saturated heterocycles. The van der Waals surface area contributed by atoms with E-state index in [-0.39, 0.29) is 22.0 Å². The molecule has 0 radical (unpaired) electrons. The van der Waals surface area contributed by atoms with Crippen LogP contribution >= 0.6 is 23.4 Å². The van der Waals surface area contributed by atoms with E-state index in [9.17, 15) is 32.7 Å². The SMILES string of the molecule is Cc1ccc(N=C(SCC(=O)Nc2ccc(Cl)c(C(F)(F)F)c2)c2c(O)n(C)c(=O)n(C)c2=O)cc1C. The molecule has 37 heavy (non-hydrogen) atoms. The Morgan fingerprint density at radius 1 is 1.08 bits per heavy atom. The Hall–Kier alpha value is -3.51. The molecule has 3 aromatic rings. The van der Waals surface area contributed by atoms with Crippen molar-refractivity contribution in [3.8, 4) is 5.88 Å². The van der Waals surface area contributed by atoms with E-state index in [1.807, 2.05) is 13.8 Å². The Labute approximate surface area is 218 Å². The molecule has 196 valence electrons. The highest BCUT2D eigenvalue weighted by atomic mass is 35.5. The largest absolute Gasteiger partial charge is 0.494 e. The second kappa shape index (κ2) is 10.9. The van der Waals surface area contributed by atoms with Crippen LogP contribution in [0.1, 0.15) is 22.3 Å². The zero-order valence-corrected chi connectivity index (χ0v) is 21.7. The molecule has 0 bridgehead atoms. The van der Waals surface area contributed by atoms with Gasteiger partial charge in [-0.05, 0) is 55.3 Å². The fraction of sp³-hybridized carbons (Fsp3) is 0.250. The number of aliphatic imine (C=N–C) groups is 1. The molecule has 0 spiro atoms. The van der Waals surface area contributed by atoms with Crippen LogP contribution in [0.3, 0.4) is 0 Å². The Bertz CT molecular complexity index is 1530. The van der Waals surface area contributed by atoms with E-state index in [2.05, 4.69) is 10.3 Å². The van der Waals surface area contributed by atoms with Crippen molar-refractivity contribution in [3.63, 3.8) is 0 Å². The molecule has 0 unspecified atom stereocenters. The maximum Gasteiger partial charge on any atom is 0.417 e. The highest BCUT2D eigenvalue weighted by Crippen LogP contribution is 2.36. The molecule has 13 heteroatoms. The van der Waals surface area contributed by atoms with Gasteiger partial charge in [-0.25, -0.2) is 9.79 Å². The number of nitrogens with one attached hydrogen (secondary N) is 1. The van der Waals surface area contributed by atoms with Crippen LogP contribution in [-0.2, 0) is 25.1 Å². The zero-order chi connectivity index (χ0) is 27.7. The molecule has 1 amide bonds. The van der Waals surface area contributed by atoms with Crippen molar-refractivity contribution < 1.29 is 23.1 Å². The van der Waals surface area contributed by atoms with Gasteiger partial charge in [0.05, 0.1) is 22.0 Å². The summed E-state index contributed by atoms with van der Waals surface area (Å²) in [6.45, 7) is 3.76. The standard InChI is InChI=1S/C24H22ClF3N4O4S/c1-12-5-6-14(9-13(12)2)30-20(19-21(34)31(3)23(36)32(4)22(19)35)37-11-18(33)29-15-7-8-17(25)16(10-15)24(26,27)28/h5-10,34H,11H2,1-4H3,(H,29,33). The lowest BCUT2D eigenvalue weighted by Crippen LogP contribution is -2.39. The van der Waals surface area contributed by atoms with E-state index in [4.69, 9.17) is 11.6 Å². The number of anilines is 1. The Balaban J connectivity index is 1.98. The predicted octanol–water partition coefficient (Wildman–Crippen LogP) is 4.53. The topological polar surface area (TPSA) is 106 Å². The van der Waals surface area contributed by atoms with Crippen LogP contribution < -0.4 is 16.6 Å². The third kappa shape index (κ3) is 6.25. The first-order valence-electron chi connectivity index (χ1n) is 10.7. The van der Waals surface area contributed by atoms with Gasteiger partial charge in [-0.3, -0.25) is 18.7 Å². The van der Waals surface area contributed by atoms with Gasteiger partial charge < -0.3 is 10.4 Å². The van der Waals surface area contributed by atoms with E-state index in [1.54, 1.807) is 18.2 Å². The number of amides is 1. The van der Waals surface area contributed by atoms with Crippen LogP contribution in [0.5, 0.6) is 5.88 Å². The van der Waals surface area contributed by atoms with Crippen LogP contribution in [0, 0.1) is 13.8 Å². The maximum atomic E-state index is 13.1. The monoisotopic (exact) mass is 554 g/mol. The number of hydrogen-bond donors (Lipinski definition) is 2. The highest BCUT2D eigenvalue weighted by Gasteiger charge is 2.33. The van der Waals surface area contributed by atoms with Gasteiger partial charge in [-0.1, -0.05) is 29.4 Å². The number of thioether (sulfide) groups is 1. The number of alkyl halides is 3. The minimum atomic E-state index is -4.71. The molecule has 8 nitrogen and oxygen atoms in total. The molecule has 0 fully saturated rings. The van der Waals surface area contributed by atoms with Gasteiger partial charge in [0.2, 0.25) is 11.8 Å². The first-order valence-corrected chi connectivity index (χ1v) is 12.0. The average Bonchev–Trinajstić information content (AvgIpc) is 2.82. The van der Waals surface area contributed by atoms with Crippen molar-refractivity contribution in [1.82, 2.24) is 9.13 Å². The predicted molar refractivity (Wildman–Crippen MR) is 138 cm³/mol. The fourth-order valence-electron chi connectivity index (χ4n) is 3.24. The van der Waals surface area contributed by atoms with E-state index in [0.29, 0.717) is 11.8 Å². The number of aromatic hydroxyl groups is 1. The van der Waals surface area contributed by atoms with E-state index >= 15 is 0 Å². The van der Waals surface area contributed by atoms with Crippen molar-refractivity contribution in [2.45, 2.75) is 20.0 Å². The van der Waals surface area contributed by atoms with Gasteiger partial charge in [0.1, 0.15) is 10.6 Å². The minimum Gasteiger partial charge on any atom is -0.494 e. The third-order valence-electron chi connectivity index (χ3n) is 5.46. The fourth-order valence-corrected chi connectivity index (χ4v) is 4.30. The number of rotatable bonds is 5. The summed E-state index contributed by atoms with van der Waals surface area (Å²) in [7, 11) is 2.50. The molecule has 0 saturated carbocycles. The van der Waals surface area contributed by atoms with Crippen molar-refractivity contribution in [1.29, 1.82) is 0 Å². The molecule has 2 N–H and O–H groups in total. The van der Waals surface area contributed by atoms with Crippen LogP contribution in [0.2, 0.25) is 5.02 Å². The molecule has 0 aliphatic carbocycles. The van der Waals surface area contributed by atoms with Gasteiger partial charge in [0.25, 0.3) is 5.56 Å². The number of benzene rings is 2. The molecule has 0 aliphatic heterocycles. The quantitative estimate of drug-likeness (QED) is 0.356. The smallest absolute Gasteiger partial charge is 0.417 e. The first kappa shape index (κ1) is 28.1. The highest BCUT2D eigenvalue weighted by molar-refractivity contribution is 8.15. The normalized spacial score (nSPS) is 12.1. The second-order valence-electron chi connectivity index (χ2n) is 8.12. The van der Waals surface area contributed by atoms with Gasteiger partial charge in [0, 0.05) is 19.8 Å². The molecule has 0 aliphatic rings. The minimum absolute atomic E-state index is 0.0563. The van der Waals surface area contributed by atoms with Gasteiger partial charge in [-0.2, -0.15) is 13.2 Å². The molecular formula is C24H22ClF3N4O4S. The number of nitrogens with zero attached hydrogens (tertiary/aromatic N) is 3. The summed E-state index contributed by atoms with van der Waals surface area (Å²) in [5.74, 6) is -1.72. The Morgan fingerprint density at radius 2 is 1.76 bits per heavy atom. The number of carbonyl (C=O) groups is 1. The summed E-state index contributed by atoms with van der Waals surface area (Å²) < 4.78 is 41.1.